The number of carbonyl (C=O) groups is 2. The zero-order valence-electron chi connectivity index (χ0n) is 15.8. The Morgan fingerprint density at radius 1 is 1.00 bits per heavy atom. The van der Waals surface area contributed by atoms with Crippen LogP contribution in [0.1, 0.15) is 77.9 Å². The molecule has 5 heteroatoms. The molecule has 27 heavy (non-hydrogen) atoms. The molecular weight excluding hydrogens is 338 g/mol. The van der Waals surface area contributed by atoms with Gasteiger partial charge in [-0.1, -0.05) is 56.0 Å². The number of carbonyl (C=O) groups excluding carboxylic acids is 2. The monoisotopic (exact) mass is 365 g/mol. The third-order valence-electron chi connectivity index (χ3n) is 5.09. The number of pyridine rings is 1. The molecule has 1 saturated carbocycles. The Kier molecular flexibility index (Phi) is 6.58. The fourth-order valence-electron chi connectivity index (χ4n) is 3.48. The van der Waals surface area contributed by atoms with Gasteiger partial charge >= 0.3 is 0 Å². The van der Waals surface area contributed by atoms with Crippen LogP contribution in [-0.4, -0.2) is 22.8 Å². The summed E-state index contributed by atoms with van der Waals surface area (Å²) in [6, 6.07) is 13.1. The van der Waals surface area contributed by atoms with E-state index in [0.717, 1.165) is 31.2 Å². The van der Waals surface area contributed by atoms with Crippen LogP contribution in [0.4, 0.5) is 0 Å². The first kappa shape index (κ1) is 19.1. The molecular formula is C22H27N3O2. The molecule has 2 N–H and O–H groups in total. The van der Waals surface area contributed by atoms with Crippen molar-refractivity contribution >= 4 is 11.8 Å². The Morgan fingerprint density at radius 3 is 2.41 bits per heavy atom. The summed E-state index contributed by atoms with van der Waals surface area (Å²) in [6.07, 6.45) is 8.37. The normalized spacial score (nSPS) is 16.2. The van der Waals surface area contributed by atoms with Crippen LogP contribution < -0.4 is 10.6 Å². The van der Waals surface area contributed by atoms with Crippen molar-refractivity contribution in [3.8, 4) is 0 Å². The molecule has 2 amide bonds. The SMILES string of the molecule is CC(NC(=O)c1cc(C(=O)NC2CCCCCC2)ccn1)c1ccccc1. The molecule has 1 aliphatic carbocycles. The maximum absolute atomic E-state index is 12.6. The van der Waals surface area contributed by atoms with Gasteiger partial charge in [0, 0.05) is 17.8 Å². The number of nitrogens with zero attached hydrogens (tertiary/aromatic N) is 1. The van der Waals surface area contributed by atoms with Crippen molar-refractivity contribution in [3.05, 3.63) is 65.5 Å². The maximum atomic E-state index is 12.6. The van der Waals surface area contributed by atoms with Gasteiger partial charge in [-0.15, -0.1) is 0 Å². The van der Waals surface area contributed by atoms with Crippen LogP contribution in [0.3, 0.4) is 0 Å². The quantitative estimate of drug-likeness (QED) is 0.786. The highest BCUT2D eigenvalue weighted by Crippen LogP contribution is 2.18. The van der Waals surface area contributed by atoms with Crippen molar-refractivity contribution in [3.63, 3.8) is 0 Å². The largest absolute Gasteiger partial charge is 0.349 e. The molecule has 0 radical (unpaired) electrons. The van der Waals surface area contributed by atoms with E-state index in [1.807, 2.05) is 37.3 Å². The lowest BCUT2D eigenvalue weighted by atomic mass is 10.1. The molecule has 5 nitrogen and oxygen atoms in total. The molecule has 2 aromatic rings. The van der Waals surface area contributed by atoms with Crippen LogP contribution in [0.15, 0.2) is 48.7 Å². The van der Waals surface area contributed by atoms with Gasteiger partial charge in [-0.25, -0.2) is 0 Å². The molecule has 0 bridgehead atoms. The van der Waals surface area contributed by atoms with E-state index >= 15 is 0 Å². The van der Waals surface area contributed by atoms with Gasteiger partial charge in [0.2, 0.25) is 0 Å². The summed E-state index contributed by atoms with van der Waals surface area (Å²) in [6.45, 7) is 1.93. The van der Waals surface area contributed by atoms with Gasteiger partial charge in [-0.05, 0) is 37.5 Å². The summed E-state index contributed by atoms with van der Waals surface area (Å²) in [5.41, 5.74) is 1.76. The molecule has 1 aromatic carbocycles. The number of hydrogen-bond donors (Lipinski definition) is 2. The van der Waals surface area contributed by atoms with Crippen LogP contribution in [0.5, 0.6) is 0 Å². The van der Waals surface area contributed by atoms with E-state index in [1.54, 1.807) is 12.1 Å². The third-order valence-corrected chi connectivity index (χ3v) is 5.09. The molecule has 0 spiro atoms. The molecule has 1 fully saturated rings. The highest BCUT2D eigenvalue weighted by atomic mass is 16.2. The van der Waals surface area contributed by atoms with Gasteiger partial charge in [0.05, 0.1) is 6.04 Å². The second-order valence-electron chi connectivity index (χ2n) is 7.20. The van der Waals surface area contributed by atoms with E-state index in [0.29, 0.717) is 5.56 Å². The Bertz CT molecular complexity index is 768. The van der Waals surface area contributed by atoms with E-state index < -0.39 is 0 Å². The Balaban J connectivity index is 1.63. The predicted octanol–water partition coefficient (Wildman–Crippen LogP) is 4.03. The van der Waals surface area contributed by atoms with Gasteiger partial charge in [0.25, 0.3) is 11.8 Å². The summed E-state index contributed by atoms with van der Waals surface area (Å²) >= 11 is 0. The lowest BCUT2D eigenvalue weighted by molar-refractivity contribution is 0.0933. The Morgan fingerprint density at radius 2 is 1.70 bits per heavy atom. The summed E-state index contributed by atoms with van der Waals surface area (Å²) in [7, 11) is 0. The summed E-state index contributed by atoms with van der Waals surface area (Å²) in [5, 5.41) is 6.04. The van der Waals surface area contributed by atoms with Crippen molar-refractivity contribution < 1.29 is 9.59 Å². The third kappa shape index (κ3) is 5.39. The number of amides is 2. The van der Waals surface area contributed by atoms with E-state index in [4.69, 9.17) is 0 Å². The average Bonchev–Trinajstić information content (AvgIpc) is 2.97. The maximum Gasteiger partial charge on any atom is 0.270 e. The summed E-state index contributed by atoms with van der Waals surface area (Å²) in [4.78, 5) is 29.2. The van der Waals surface area contributed by atoms with Gasteiger partial charge in [-0.3, -0.25) is 14.6 Å². The average molecular weight is 365 g/mol. The highest BCUT2D eigenvalue weighted by Gasteiger charge is 2.18. The van der Waals surface area contributed by atoms with Crippen molar-refractivity contribution in [1.82, 2.24) is 15.6 Å². The zero-order valence-corrected chi connectivity index (χ0v) is 15.8. The van der Waals surface area contributed by atoms with Crippen LogP contribution in [-0.2, 0) is 0 Å². The van der Waals surface area contributed by atoms with Crippen LogP contribution >= 0.6 is 0 Å². The Hall–Kier alpha value is -2.69. The second kappa shape index (κ2) is 9.31. The first-order valence-electron chi connectivity index (χ1n) is 9.76. The fraction of sp³-hybridized carbons (Fsp3) is 0.409. The zero-order chi connectivity index (χ0) is 19.1. The van der Waals surface area contributed by atoms with Crippen LogP contribution in [0.25, 0.3) is 0 Å². The molecule has 0 aliphatic heterocycles. The van der Waals surface area contributed by atoms with Crippen molar-refractivity contribution in [2.45, 2.75) is 57.5 Å². The highest BCUT2D eigenvalue weighted by molar-refractivity contribution is 5.98. The number of aromatic nitrogens is 1. The minimum atomic E-state index is -0.282. The molecule has 1 aliphatic rings. The summed E-state index contributed by atoms with van der Waals surface area (Å²) in [5.74, 6) is -0.412. The molecule has 142 valence electrons. The van der Waals surface area contributed by atoms with Gasteiger partial charge in [0.1, 0.15) is 5.69 Å². The van der Waals surface area contributed by atoms with E-state index in [1.165, 1.54) is 19.0 Å². The first-order valence-corrected chi connectivity index (χ1v) is 9.76. The van der Waals surface area contributed by atoms with Gasteiger partial charge in [0.15, 0.2) is 0 Å². The minimum absolute atomic E-state index is 0.130. The van der Waals surface area contributed by atoms with E-state index in [2.05, 4.69) is 15.6 Å². The second-order valence-corrected chi connectivity index (χ2v) is 7.20. The smallest absolute Gasteiger partial charge is 0.270 e. The van der Waals surface area contributed by atoms with Gasteiger partial charge < -0.3 is 10.6 Å². The molecule has 0 saturated heterocycles. The number of nitrogens with one attached hydrogen (secondary N) is 2. The van der Waals surface area contributed by atoms with Crippen LogP contribution in [0, 0.1) is 0 Å². The molecule has 1 atom stereocenters. The fourth-order valence-corrected chi connectivity index (χ4v) is 3.48. The van der Waals surface area contributed by atoms with Crippen LogP contribution in [0.2, 0.25) is 0 Å². The lowest BCUT2D eigenvalue weighted by Gasteiger charge is -2.17. The first-order chi connectivity index (χ1) is 13.1. The van der Waals surface area contributed by atoms with E-state index in [9.17, 15) is 9.59 Å². The molecule has 1 aromatic heterocycles. The minimum Gasteiger partial charge on any atom is -0.349 e. The number of benzene rings is 1. The van der Waals surface area contributed by atoms with Crippen molar-refractivity contribution in [2.24, 2.45) is 0 Å². The van der Waals surface area contributed by atoms with Crippen molar-refractivity contribution in [2.75, 3.05) is 0 Å². The summed E-state index contributed by atoms with van der Waals surface area (Å²) < 4.78 is 0. The lowest BCUT2D eigenvalue weighted by Crippen LogP contribution is -2.34. The van der Waals surface area contributed by atoms with E-state index in [-0.39, 0.29) is 29.6 Å². The predicted molar refractivity (Wildman–Crippen MR) is 106 cm³/mol. The number of rotatable bonds is 5. The number of hydrogen-bond acceptors (Lipinski definition) is 3. The molecule has 1 unspecified atom stereocenters. The standard InChI is InChI=1S/C22H27N3O2/c1-16(17-9-5-4-6-10-17)24-22(27)20-15-18(13-14-23-20)21(26)25-19-11-7-2-3-8-12-19/h4-6,9-10,13-16,19H,2-3,7-8,11-12H2,1H3,(H,24,27)(H,25,26). The molecule has 3 rings (SSSR count). The van der Waals surface area contributed by atoms with Crippen molar-refractivity contribution in [1.29, 1.82) is 0 Å². The Labute approximate surface area is 160 Å². The van der Waals surface area contributed by atoms with Gasteiger partial charge in [-0.2, -0.15) is 0 Å². The topological polar surface area (TPSA) is 71.1 Å². The molecule has 1 heterocycles.